The van der Waals surface area contributed by atoms with Crippen molar-refractivity contribution in [1.29, 1.82) is 0 Å². The summed E-state index contributed by atoms with van der Waals surface area (Å²) in [6, 6.07) is 8.31. The van der Waals surface area contributed by atoms with Crippen LogP contribution in [0.3, 0.4) is 0 Å². The van der Waals surface area contributed by atoms with Crippen molar-refractivity contribution in [3.05, 3.63) is 57.2 Å². The normalized spacial score (nSPS) is 10.1. The molecule has 104 valence electrons. The topological polar surface area (TPSA) is 77.3 Å². The molecule has 2 rings (SSSR count). The Kier molecular flexibility index (Phi) is 4.37. The zero-order valence-corrected chi connectivity index (χ0v) is 11.4. The summed E-state index contributed by atoms with van der Waals surface area (Å²) < 4.78 is 5.02. The van der Waals surface area contributed by atoms with Gasteiger partial charge in [0.05, 0.1) is 12.0 Å². The number of nitro groups is 1. The summed E-state index contributed by atoms with van der Waals surface area (Å²) >= 11 is 5.84. The Bertz CT molecular complexity index is 634. The average molecular weight is 294 g/mol. The summed E-state index contributed by atoms with van der Waals surface area (Å²) in [5, 5.41) is 14.1. The molecule has 1 heterocycles. The maximum absolute atomic E-state index is 11.0. The van der Waals surface area contributed by atoms with Gasteiger partial charge < -0.3 is 10.1 Å². The molecule has 0 saturated carbocycles. The standard InChI is InChI=1S/C13H12ClN3O3/c1-20-12-7-9(5-6-15-12)8-16-11-4-2-3-10(14)13(11)17(18)19/h2-7,16H,8H2,1H3. The molecule has 1 aromatic carbocycles. The Morgan fingerprint density at radius 2 is 2.25 bits per heavy atom. The van der Waals surface area contributed by atoms with Crippen LogP contribution in [-0.4, -0.2) is 17.0 Å². The lowest BCUT2D eigenvalue weighted by molar-refractivity contribution is -0.383. The minimum Gasteiger partial charge on any atom is -0.481 e. The smallest absolute Gasteiger partial charge is 0.310 e. The van der Waals surface area contributed by atoms with Crippen molar-refractivity contribution < 1.29 is 9.66 Å². The third-order valence-electron chi connectivity index (χ3n) is 2.66. The van der Waals surface area contributed by atoms with E-state index in [1.165, 1.54) is 13.2 Å². The Labute approximate surface area is 120 Å². The molecule has 0 saturated heterocycles. The average Bonchev–Trinajstić information content (AvgIpc) is 2.45. The molecule has 2 aromatic rings. The summed E-state index contributed by atoms with van der Waals surface area (Å²) in [6.07, 6.45) is 1.61. The van der Waals surface area contributed by atoms with E-state index in [1.807, 2.05) is 0 Å². The summed E-state index contributed by atoms with van der Waals surface area (Å²) in [6.45, 7) is 0.403. The SMILES string of the molecule is COc1cc(CNc2cccc(Cl)c2[N+](=O)[O-])ccn1. The molecule has 0 unspecified atom stereocenters. The van der Waals surface area contributed by atoms with Crippen LogP contribution in [0.25, 0.3) is 0 Å². The lowest BCUT2D eigenvalue weighted by atomic mass is 10.2. The Hall–Kier alpha value is -2.34. The van der Waals surface area contributed by atoms with Crippen LogP contribution in [0.1, 0.15) is 5.56 Å². The van der Waals surface area contributed by atoms with Gasteiger partial charge in [0.15, 0.2) is 0 Å². The van der Waals surface area contributed by atoms with Crippen LogP contribution >= 0.6 is 11.6 Å². The molecular weight excluding hydrogens is 282 g/mol. The van der Waals surface area contributed by atoms with E-state index in [0.29, 0.717) is 18.1 Å². The number of rotatable bonds is 5. The minimum absolute atomic E-state index is 0.104. The minimum atomic E-state index is -0.502. The van der Waals surface area contributed by atoms with Gasteiger partial charge in [0.2, 0.25) is 5.88 Å². The quantitative estimate of drug-likeness (QED) is 0.676. The van der Waals surface area contributed by atoms with Crippen LogP contribution in [-0.2, 0) is 6.54 Å². The van der Waals surface area contributed by atoms with Crippen LogP contribution in [0.2, 0.25) is 5.02 Å². The van der Waals surface area contributed by atoms with E-state index in [2.05, 4.69) is 10.3 Å². The van der Waals surface area contributed by atoms with Gasteiger partial charge in [-0.25, -0.2) is 4.98 Å². The molecule has 0 aliphatic rings. The Morgan fingerprint density at radius 1 is 1.45 bits per heavy atom. The fourth-order valence-corrected chi connectivity index (χ4v) is 1.96. The fraction of sp³-hybridized carbons (Fsp3) is 0.154. The number of anilines is 1. The molecule has 0 aliphatic carbocycles. The first-order valence-corrected chi connectivity index (χ1v) is 6.15. The largest absolute Gasteiger partial charge is 0.481 e. The zero-order chi connectivity index (χ0) is 14.5. The number of nitrogens with zero attached hydrogens (tertiary/aromatic N) is 2. The maximum Gasteiger partial charge on any atom is 0.310 e. The van der Waals surface area contributed by atoms with Gasteiger partial charge in [0.25, 0.3) is 0 Å². The van der Waals surface area contributed by atoms with Gasteiger partial charge in [-0.3, -0.25) is 10.1 Å². The molecule has 0 spiro atoms. The number of benzene rings is 1. The molecule has 1 aromatic heterocycles. The molecule has 0 fully saturated rings. The summed E-state index contributed by atoms with van der Waals surface area (Å²) in [5.74, 6) is 0.491. The van der Waals surface area contributed by atoms with Gasteiger partial charge in [0.1, 0.15) is 10.7 Å². The molecule has 20 heavy (non-hydrogen) atoms. The third-order valence-corrected chi connectivity index (χ3v) is 2.97. The highest BCUT2D eigenvalue weighted by Crippen LogP contribution is 2.32. The fourth-order valence-electron chi connectivity index (χ4n) is 1.71. The van der Waals surface area contributed by atoms with Gasteiger partial charge in [-0.05, 0) is 23.8 Å². The van der Waals surface area contributed by atoms with Gasteiger partial charge in [-0.1, -0.05) is 17.7 Å². The first-order chi connectivity index (χ1) is 9.61. The second-order valence-corrected chi connectivity index (χ2v) is 4.36. The van der Waals surface area contributed by atoms with Crippen LogP contribution in [0, 0.1) is 10.1 Å². The van der Waals surface area contributed by atoms with Crippen LogP contribution in [0.15, 0.2) is 36.5 Å². The highest BCUT2D eigenvalue weighted by atomic mass is 35.5. The number of hydrogen-bond donors (Lipinski definition) is 1. The number of halogens is 1. The Morgan fingerprint density at radius 3 is 2.95 bits per heavy atom. The molecule has 1 N–H and O–H groups in total. The number of methoxy groups -OCH3 is 1. The molecule has 6 nitrogen and oxygen atoms in total. The van der Waals surface area contributed by atoms with Crippen LogP contribution < -0.4 is 10.1 Å². The zero-order valence-electron chi connectivity index (χ0n) is 10.7. The maximum atomic E-state index is 11.0. The van der Waals surface area contributed by atoms with E-state index in [-0.39, 0.29) is 10.7 Å². The van der Waals surface area contributed by atoms with E-state index in [0.717, 1.165) is 5.56 Å². The number of ether oxygens (including phenoxy) is 1. The predicted octanol–water partition coefficient (Wildman–Crippen LogP) is 3.26. The van der Waals surface area contributed by atoms with Gasteiger partial charge in [0, 0.05) is 18.8 Å². The molecular formula is C13H12ClN3O3. The van der Waals surface area contributed by atoms with Gasteiger partial charge in [-0.15, -0.1) is 0 Å². The second-order valence-electron chi connectivity index (χ2n) is 3.95. The summed E-state index contributed by atoms with van der Waals surface area (Å²) in [7, 11) is 1.53. The van der Waals surface area contributed by atoms with Crippen molar-refractivity contribution in [2.45, 2.75) is 6.54 Å². The summed E-state index contributed by atoms with van der Waals surface area (Å²) in [4.78, 5) is 14.5. The van der Waals surface area contributed by atoms with Crippen molar-refractivity contribution in [2.24, 2.45) is 0 Å². The van der Waals surface area contributed by atoms with Crippen molar-refractivity contribution in [3.63, 3.8) is 0 Å². The molecule has 0 atom stereocenters. The highest BCUT2D eigenvalue weighted by molar-refractivity contribution is 6.33. The third kappa shape index (κ3) is 3.16. The van der Waals surface area contributed by atoms with E-state index < -0.39 is 4.92 Å². The molecule has 7 heteroatoms. The number of nitrogens with one attached hydrogen (secondary N) is 1. The molecule has 0 amide bonds. The van der Waals surface area contributed by atoms with Crippen molar-refractivity contribution >= 4 is 23.0 Å². The Balaban J connectivity index is 2.18. The molecule has 0 radical (unpaired) electrons. The molecule has 0 aliphatic heterocycles. The lowest BCUT2D eigenvalue weighted by Crippen LogP contribution is -2.03. The van der Waals surface area contributed by atoms with E-state index in [1.54, 1.807) is 30.5 Å². The first kappa shape index (κ1) is 14.1. The van der Waals surface area contributed by atoms with Crippen molar-refractivity contribution in [3.8, 4) is 5.88 Å². The van der Waals surface area contributed by atoms with Crippen molar-refractivity contribution in [2.75, 3.05) is 12.4 Å². The van der Waals surface area contributed by atoms with E-state index in [9.17, 15) is 10.1 Å². The van der Waals surface area contributed by atoms with Crippen LogP contribution in [0.5, 0.6) is 5.88 Å². The predicted molar refractivity (Wildman–Crippen MR) is 76.2 cm³/mol. The van der Waals surface area contributed by atoms with Crippen molar-refractivity contribution in [1.82, 2.24) is 4.98 Å². The lowest BCUT2D eigenvalue weighted by Gasteiger charge is -2.08. The number of hydrogen-bond acceptors (Lipinski definition) is 5. The second kappa shape index (κ2) is 6.21. The molecule has 0 bridgehead atoms. The summed E-state index contributed by atoms with van der Waals surface area (Å²) in [5.41, 5.74) is 1.14. The van der Waals surface area contributed by atoms with E-state index in [4.69, 9.17) is 16.3 Å². The number of para-hydroxylation sites is 1. The van der Waals surface area contributed by atoms with Gasteiger partial charge >= 0.3 is 5.69 Å². The number of aromatic nitrogens is 1. The first-order valence-electron chi connectivity index (χ1n) is 5.77. The highest BCUT2D eigenvalue weighted by Gasteiger charge is 2.17. The number of pyridine rings is 1. The van der Waals surface area contributed by atoms with Gasteiger partial charge in [-0.2, -0.15) is 0 Å². The van der Waals surface area contributed by atoms with Crippen LogP contribution in [0.4, 0.5) is 11.4 Å². The monoisotopic (exact) mass is 293 g/mol. The number of nitro benzene ring substituents is 1. The van der Waals surface area contributed by atoms with E-state index >= 15 is 0 Å².